The highest BCUT2D eigenvalue weighted by Gasteiger charge is 2.54. The molecule has 5 heteroatoms. The number of para-hydroxylation sites is 2. The van der Waals surface area contributed by atoms with E-state index in [2.05, 4.69) is 11.1 Å². The Bertz CT molecular complexity index is 1040. The van der Waals surface area contributed by atoms with Gasteiger partial charge in [0, 0.05) is 29.2 Å². The van der Waals surface area contributed by atoms with Crippen molar-refractivity contribution in [2.45, 2.75) is 25.9 Å². The van der Waals surface area contributed by atoms with Gasteiger partial charge in [-0.15, -0.1) is 0 Å². The number of rotatable bonds is 5. The molecule has 0 bridgehead atoms. The molecule has 0 fully saturated rings. The van der Waals surface area contributed by atoms with Gasteiger partial charge in [-0.3, -0.25) is 9.59 Å². The molecular weight excluding hydrogens is 340 g/mol. The van der Waals surface area contributed by atoms with Crippen LogP contribution in [0.15, 0.2) is 54.7 Å². The molecule has 1 unspecified atom stereocenters. The molecule has 4 rings (SSSR count). The summed E-state index contributed by atoms with van der Waals surface area (Å²) < 4.78 is 0. The van der Waals surface area contributed by atoms with Crippen molar-refractivity contribution in [3.8, 4) is 0 Å². The highest BCUT2D eigenvalue weighted by molar-refractivity contribution is 6.09. The first-order chi connectivity index (χ1) is 12.9. The molecule has 2 aromatic carbocycles. The maximum atomic E-state index is 13.2. The molecule has 0 saturated heterocycles. The third-order valence-electron chi connectivity index (χ3n) is 5.69. The number of benzene rings is 2. The SMILES string of the molecule is CC(=O)C(C)[C@]1(O)C(=O)N(CCc2c[nH]c3ccccc23)c2ccccc21. The third kappa shape index (κ3) is 2.58. The number of carbonyl (C=O) groups is 2. The van der Waals surface area contributed by atoms with Gasteiger partial charge < -0.3 is 15.0 Å². The number of Topliss-reactive ketones (excluding diaryl/α,β-unsaturated/α-hetero) is 1. The number of anilines is 1. The van der Waals surface area contributed by atoms with Crippen LogP contribution in [0.25, 0.3) is 10.9 Å². The predicted octanol–water partition coefficient (Wildman–Crippen LogP) is 3.17. The molecule has 1 amide bonds. The summed E-state index contributed by atoms with van der Waals surface area (Å²) in [4.78, 5) is 30.0. The average Bonchev–Trinajstić information content (AvgIpc) is 3.18. The topological polar surface area (TPSA) is 73.4 Å². The van der Waals surface area contributed by atoms with Crippen LogP contribution in [0.4, 0.5) is 5.69 Å². The van der Waals surface area contributed by atoms with Crippen molar-refractivity contribution in [3.05, 3.63) is 65.9 Å². The summed E-state index contributed by atoms with van der Waals surface area (Å²) in [7, 11) is 0. The predicted molar refractivity (Wildman–Crippen MR) is 105 cm³/mol. The van der Waals surface area contributed by atoms with Crippen LogP contribution < -0.4 is 4.90 Å². The number of carbonyl (C=O) groups excluding carboxylic acids is 2. The van der Waals surface area contributed by atoms with E-state index in [-0.39, 0.29) is 5.78 Å². The molecule has 138 valence electrons. The number of H-pyrrole nitrogens is 1. The van der Waals surface area contributed by atoms with Gasteiger partial charge in [0.2, 0.25) is 0 Å². The Morgan fingerprint density at radius 1 is 1.19 bits per heavy atom. The summed E-state index contributed by atoms with van der Waals surface area (Å²) >= 11 is 0. The first kappa shape index (κ1) is 17.5. The van der Waals surface area contributed by atoms with Crippen LogP contribution in [-0.4, -0.2) is 28.3 Å². The fourth-order valence-electron chi connectivity index (χ4n) is 3.97. The standard InChI is InChI=1S/C22H22N2O3/c1-14(15(2)25)22(27)18-8-4-6-10-20(18)24(21(22)26)12-11-16-13-23-19-9-5-3-7-17(16)19/h3-10,13-14,23,27H,11-12H2,1-2H3/t14?,22-/m1/s1. The monoisotopic (exact) mass is 362 g/mol. The number of hydrogen-bond acceptors (Lipinski definition) is 3. The van der Waals surface area contributed by atoms with Gasteiger partial charge in [0.25, 0.3) is 5.91 Å². The van der Waals surface area contributed by atoms with Crippen LogP contribution in [0.5, 0.6) is 0 Å². The van der Waals surface area contributed by atoms with Crippen molar-refractivity contribution < 1.29 is 14.7 Å². The van der Waals surface area contributed by atoms with Crippen LogP contribution in [0.2, 0.25) is 0 Å². The van der Waals surface area contributed by atoms with Crippen molar-refractivity contribution in [2.24, 2.45) is 5.92 Å². The molecule has 1 aliphatic heterocycles. The van der Waals surface area contributed by atoms with Crippen LogP contribution in [-0.2, 0) is 21.6 Å². The van der Waals surface area contributed by atoms with E-state index >= 15 is 0 Å². The summed E-state index contributed by atoms with van der Waals surface area (Å²) in [6, 6.07) is 15.2. The smallest absolute Gasteiger partial charge is 0.264 e. The quantitative estimate of drug-likeness (QED) is 0.732. The van der Waals surface area contributed by atoms with E-state index in [0.717, 1.165) is 16.5 Å². The number of ketones is 1. The zero-order valence-corrected chi connectivity index (χ0v) is 15.4. The highest BCUT2D eigenvalue weighted by atomic mass is 16.3. The normalized spacial score (nSPS) is 20.1. The van der Waals surface area contributed by atoms with E-state index in [1.807, 2.05) is 36.5 Å². The molecular formula is C22H22N2O3. The minimum atomic E-state index is -1.80. The Balaban J connectivity index is 1.67. The maximum Gasteiger partial charge on any atom is 0.264 e. The van der Waals surface area contributed by atoms with Gasteiger partial charge in [-0.25, -0.2) is 0 Å². The van der Waals surface area contributed by atoms with Crippen molar-refractivity contribution in [2.75, 3.05) is 11.4 Å². The molecule has 3 aromatic rings. The molecule has 1 aliphatic rings. The molecule has 1 aromatic heterocycles. The average molecular weight is 362 g/mol. The van der Waals surface area contributed by atoms with E-state index in [0.29, 0.717) is 24.2 Å². The number of nitrogens with zero attached hydrogens (tertiary/aromatic N) is 1. The summed E-state index contributed by atoms with van der Waals surface area (Å²) in [6.45, 7) is 3.46. The number of aromatic amines is 1. The lowest BCUT2D eigenvalue weighted by Crippen LogP contribution is -2.47. The van der Waals surface area contributed by atoms with Gasteiger partial charge in [0.1, 0.15) is 5.78 Å². The highest BCUT2D eigenvalue weighted by Crippen LogP contribution is 2.44. The van der Waals surface area contributed by atoms with Crippen LogP contribution in [0.1, 0.15) is 25.0 Å². The Hall–Kier alpha value is -2.92. The molecule has 2 N–H and O–H groups in total. The number of aromatic nitrogens is 1. The second-order valence-electron chi connectivity index (χ2n) is 7.18. The van der Waals surface area contributed by atoms with Gasteiger partial charge in [0.05, 0.1) is 11.6 Å². The Morgan fingerprint density at radius 3 is 2.67 bits per heavy atom. The summed E-state index contributed by atoms with van der Waals surface area (Å²) in [5, 5.41) is 12.4. The molecule has 27 heavy (non-hydrogen) atoms. The van der Waals surface area contributed by atoms with Crippen molar-refractivity contribution in [1.29, 1.82) is 0 Å². The Morgan fingerprint density at radius 2 is 1.89 bits per heavy atom. The van der Waals surface area contributed by atoms with Crippen LogP contribution >= 0.6 is 0 Å². The van der Waals surface area contributed by atoms with E-state index in [9.17, 15) is 14.7 Å². The lowest BCUT2D eigenvalue weighted by molar-refractivity contribution is -0.148. The van der Waals surface area contributed by atoms with E-state index in [1.54, 1.807) is 24.0 Å². The van der Waals surface area contributed by atoms with Gasteiger partial charge >= 0.3 is 0 Å². The molecule has 2 heterocycles. The largest absolute Gasteiger partial charge is 0.375 e. The fraction of sp³-hybridized carbons (Fsp3) is 0.273. The third-order valence-corrected chi connectivity index (χ3v) is 5.69. The maximum absolute atomic E-state index is 13.2. The number of nitrogens with one attached hydrogen (secondary N) is 1. The van der Waals surface area contributed by atoms with Gasteiger partial charge in [-0.1, -0.05) is 43.3 Å². The van der Waals surface area contributed by atoms with E-state index in [4.69, 9.17) is 0 Å². The summed E-state index contributed by atoms with van der Waals surface area (Å²) in [5.41, 5.74) is 1.56. The zero-order chi connectivity index (χ0) is 19.2. The molecule has 0 saturated carbocycles. The van der Waals surface area contributed by atoms with Crippen molar-refractivity contribution >= 4 is 28.3 Å². The van der Waals surface area contributed by atoms with Crippen LogP contribution in [0.3, 0.4) is 0 Å². The number of aliphatic hydroxyl groups is 1. The first-order valence-corrected chi connectivity index (χ1v) is 9.14. The van der Waals surface area contributed by atoms with E-state index < -0.39 is 17.4 Å². The number of fused-ring (bicyclic) bond motifs is 2. The minimum Gasteiger partial charge on any atom is -0.375 e. The van der Waals surface area contributed by atoms with Crippen molar-refractivity contribution in [3.63, 3.8) is 0 Å². The second kappa shape index (κ2) is 6.35. The van der Waals surface area contributed by atoms with Gasteiger partial charge in [-0.2, -0.15) is 0 Å². The van der Waals surface area contributed by atoms with Crippen molar-refractivity contribution in [1.82, 2.24) is 4.98 Å². The number of amides is 1. The Kier molecular flexibility index (Phi) is 4.12. The molecule has 2 atom stereocenters. The van der Waals surface area contributed by atoms with Gasteiger partial charge in [-0.05, 0) is 31.0 Å². The Labute approximate surface area is 157 Å². The second-order valence-corrected chi connectivity index (χ2v) is 7.18. The number of hydrogen-bond donors (Lipinski definition) is 2. The first-order valence-electron chi connectivity index (χ1n) is 9.14. The summed E-state index contributed by atoms with van der Waals surface area (Å²) in [6.07, 6.45) is 2.61. The summed E-state index contributed by atoms with van der Waals surface area (Å²) in [5.74, 6) is -1.44. The zero-order valence-electron chi connectivity index (χ0n) is 15.4. The molecule has 0 spiro atoms. The fourth-order valence-corrected chi connectivity index (χ4v) is 3.97. The lowest BCUT2D eigenvalue weighted by Gasteiger charge is -2.27. The minimum absolute atomic E-state index is 0.209. The van der Waals surface area contributed by atoms with E-state index in [1.165, 1.54) is 6.92 Å². The van der Waals surface area contributed by atoms with Crippen LogP contribution in [0, 0.1) is 5.92 Å². The van der Waals surface area contributed by atoms with Gasteiger partial charge in [0.15, 0.2) is 5.60 Å². The molecule has 0 radical (unpaired) electrons. The lowest BCUT2D eigenvalue weighted by atomic mass is 9.81. The molecule has 5 nitrogen and oxygen atoms in total. The molecule has 0 aliphatic carbocycles.